The van der Waals surface area contributed by atoms with Crippen molar-refractivity contribution >= 4 is 0 Å². The van der Waals surface area contributed by atoms with Gasteiger partial charge in [-0.2, -0.15) is 0 Å². The molecule has 0 saturated heterocycles. The number of aryl methyl sites for hydroxylation is 2. The zero-order valence-electron chi connectivity index (χ0n) is 9.64. The van der Waals surface area contributed by atoms with E-state index in [9.17, 15) is 0 Å². The molecule has 80 valence electrons. The predicted molar refractivity (Wildman–Crippen MR) is 65.7 cm³/mol. The molecule has 0 spiro atoms. The fourth-order valence-electron chi connectivity index (χ4n) is 1.61. The van der Waals surface area contributed by atoms with Gasteiger partial charge in [-0.15, -0.1) is 0 Å². The van der Waals surface area contributed by atoms with Crippen LogP contribution >= 0.6 is 0 Å². The van der Waals surface area contributed by atoms with E-state index >= 15 is 0 Å². The molecule has 1 aromatic rings. The van der Waals surface area contributed by atoms with Crippen LogP contribution in [0.1, 0.15) is 37.0 Å². The highest BCUT2D eigenvalue weighted by Crippen LogP contribution is 2.13. The first-order valence-corrected chi connectivity index (χ1v) is 5.62. The van der Waals surface area contributed by atoms with Gasteiger partial charge in [0.2, 0.25) is 0 Å². The monoisotopic (exact) mass is 201 g/mol. The Hall–Kier alpha value is -1.26. The van der Waals surface area contributed by atoms with Gasteiger partial charge in [-0.3, -0.25) is 0 Å². The maximum Gasteiger partial charge on any atom is 0.0248 e. The Bertz CT molecular complexity index is 369. The third-order valence-electron chi connectivity index (χ3n) is 2.47. The molecule has 1 aromatic carbocycles. The standard InChI is InChI=1S/C14H19N/c1-3-13-9-8-12(7-5-6-10-15)11-14(13)4-2/h8-9,11H,3-4,6,10,15H2,1-2H3. The molecular weight excluding hydrogens is 182 g/mol. The summed E-state index contributed by atoms with van der Waals surface area (Å²) in [6.45, 7) is 5.01. The molecule has 0 aliphatic rings. The van der Waals surface area contributed by atoms with E-state index in [0.29, 0.717) is 6.54 Å². The fourth-order valence-corrected chi connectivity index (χ4v) is 1.61. The predicted octanol–water partition coefficient (Wildman–Crippen LogP) is 2.51. The van der Waals surface area contributed by atoms with E-state index in [1.165, 1.54) is 11.1 Å². The molecule has 0 bridgehead atoms. The molecule has 1 rings (SSSR count). The van der Waals surface area contributed by atoms with Gasteiger partial charge in [0.15, 0.2) is 0 Å². The molecule has 0 saturated carbocycles. The van der Waals surface area contributed by atoms with Gasteiger partial charge < -0.3 is 5.73 Å². The lowest BCUT2D eigenvalue weighted by molar-refractivity contribution is 1.03. The van der Waals surface area contributed by atoms with Crippen LogP contribution in [-0.4, -0.2) is 6.54 Å². The van der Waals surface area contributed by atoms with Crippen LogP contribution in [0.15, 0.2) is 18.2 Å². The van der Waals surface area contributed by atoms with Crippen molar-refractivity contribution < 1.29 is 0 Å². The first-order chi connectivity index (χ1) is 7.31. The van der Waals surface area contributed by atoms with E-state index in [1.54, 1.807) is 0 Å². The molecule has 0 atom stereocenters. The largest absolute Gasteiger partial charge is 0.330 e. The SMILES string of the molecule is CCc1ccc(C#CCCN)cc1CC. The number of nitrogens with two attached hydrogens (primary N) is 1. The molecule has 15 heavy (non-hydrogen) atoms. The molecule has 0 aromatic heterocycles. The van der Waals surface area contributed by atoms with Gasteiger partial charge in [0.25, 0.3) is 0 Å². The van der Waals surface area contributed by atoms with Crippen LogP contribution in [0.2, 0.25) is 0 Å². The summed E-state index contributed by atoms with van der Waals surface area (Å²) in [5.74, 6) is 6.21. The lowest BCUT2D eigenvalue weighted by atomic mass is 10.0. The number of rotatable bonds is 3. The summed E-state index contributed by atoms with van der Waals surface area (Å²) in [6.07, 6.45) is 2.95. The van der Waals surface area contributed by atoms with Crippen LogP contribution in [-0.2, 0) is 12.8 Å². The van der Waals surface area contributed by atoms with E-state index in [4.69, 9.17) is 5.73 Å². The molecule has 0 aliphatic heterocycles. The van der Waals surface area contributed by atoms with Gasteiger partial charge in [0, 0.05) is 18.5 Å². The minimum Gasteiger partial charge on any atom is -0.330 e. The maximum absolute atomic E-state index is 5.39. The first kappa shape index (κ1) is 11.8. The molecule has 0 radical (unpaired) electrons. The topological polar surface area (TPSA) is 26.0 Å². The van der Waals surface area contributed by atoms with Crippen molar-refractivity contribution in [2.75, 3.05) is 6.54 Å². The Labute approximate surface area is 92.7 Å². The molecule has 0 fully saturated rings. The Morgan fingerprint density at radius 3 is 2.47 bits per heavy atom. The Balaban J connectivity index is 2.89. The smallest absolute Gasteiger partial charge is 0.0248 e. The van der Waals surface area contributed by atoms with Crippen molar-refractivity contribution in [2.24, 2.45) is 5.73 Å². The second-order valence-electron chi connectivity index (χ2n) is 3.53. The maximum atomic E-state index is 5.39. The minimum atomic E-state index is 0.640. The van der Waals surface area contributed by atoms with Crippen LogP contribution in [0, 0.1) is 11.8 Å². The zero-order chi connectivity index (χ0) is 11.1. The van der Waals surface area contributed by atoms with Crippen molar-refractivity contribution in [3.8, 4) is 11.8 Å². The Morgan fingerprint density at radius 2 is 1.87 bits per heavy atom. The van der Waals surface area contributed by atoms with E-state index in [1.807, 2.05) is 0 Å². The highest BCUT2D eigenvalue weighted by molar-refractivity contribution is 5.41. The van der Waals surface area contributed by atoms with Gasteiger partial charge in [-0.25, -0.2) is 0 Å². The van der Waals surface area contributed by atoms with E-state index in [2.05, 4.69) is 43.9 Å². The van der Waals surface area contributed by atoms with Crippen LogP contribution in [0.25, 0.3) is 0 Å². The second-order valence-corrected chi connectivity index (χ2v) is 3.53. The summed E-state index contributed by atoms with van der Waals surface area (Å²) in [7, 11) is 0. The third kappa shape index (κ3) is 3.42. The summed E-state index contributed by atoms with van der Waals surface area (Å²) in [6, 6.07) is 6.48. The van der Waals surface area contributed by atoms with Gasteiger partial charge in [-0.05, 0) is 36.1 Å². The van der Waals surface area contributed by atoms with Crippen molar-refractivity contribution in [3.05, 3.63) is 34.9 Å². The molecule has 0 unspecified atom stereocenters. The average molecular weight is 201 g/mol. The lowest BCUT2D eigenvalue weighted by Crippen LogP contribution is -1.95. The molecule has 0 aliphatic carbocycles. The average Bonchev–Trinajstić information content (AvgIpc) is 2.29. The Morgan fingerprint density at radius 1 is 1.13 bits per heavy atom. The van der Waals surface area contributed by atoms with Gasteiger partial charge in [0.05, 0.1) is 0 Å². The van der Waals surface area contributed by atoms with Crippen molar-refractivity contribution in [2.45, 2.75) is 33.1 Å². The number of hydrogen-bond donors (Lipinski definition) is 1. The van der Waals surface area contributed by atoms with Crippen LogP contribution in [0.4, 0.5) is 0 Å². The van der Waals surface area contributed by atoms with Crippen LogP contribution in [0.5, 0.6) is 0 Å². The molecule has 1 heteroatoms. The summed E-state index contributed by atoms with van der Waals surface area (Å²) < 4.78 is 0. The second kappa shape index (κ2) is 6.27. The first-order valence-electron chi connectivity index (χ1n) is 5.62. The van der Waals surface area contributed by atoms with Gasteiger partial charge in [0.1, 0.15) is 0 Å². The Kier molecular flexibility index (Phi) is 4.93. The molecule has 1 nitrogen and oxygen atoms in total. The summed E-state index contributed by atoms with van der Waals surface area (Å²) in [5, 5.41) is 0. The number of benzene rings is 1. The van der Waals surface area contributed by atoms with Crippen molar-refractivity contribution in [1.82, 2.24) is 0 Å². The van der Waals surface area contributed by atoms with Crippen molar-refractivity contribution in [1.29, 1.82) is 0 Å². The summed E-state index contributed by atoms with van der Waals surface area (Å²) in [4.78, 5) is 0. The molecule has 2 N–H and O–H groups in total. The zero-order valence-corrected chi connectivity index (χ0v) is 9.64. The molecule has 0 heterocycles. The third-order valence-corrected chi connectivity index (χ3v) is 2.47. The molecular formula is C14H19N. The quantitative estimate of drug-likeness (QED) is 0.747. The van der Waals surface area contributed by atoms with E-state index in [0.717, 1.165) is 24.8 Å². The van der Waals surface area contributed by atoms with Crippen LogP contribution in [0.3, 0.4) is 0 Å². The lowest BCUT2D eigenvalue weighted by Gasteiger charge is -2.05. The normalized spacial score (nSPS) is 9.53. The summed E-state index contributed by atoms with van der Waals surface area (Å²) in [5.41, 5.74) is 9.35. The fraction of sp³-hybridized carbons (Fsp3) is 0.429. The summed E-state index contributed by atoms with van der Waals surface area (Å²) >= 11 is 0. The number of hydrogen-bond acceptors (Lipinski definition) is 1. The van der Waals surface area contributed by atoms with Gasteiger partial charge in [-0.1, -0.05) is 31.8 Å². The van der Waals surface area contributed by atoms with E-state index in [-0.39, 0.29) is 0 Å². The highest BCUT2D eigenvalue weighted by atomic mass is 14.5. The van der Waals surface area contributed by atoms with E-state index < -0.39 is 0 Å². The van der Waals surface area contributed by atoms with Crippen LogP contribution < -0.4 is 5.73 Å². The van der Waals surface area contributed by atoms with Gasteiger partial charge >= 0.3 is 0 Å². The minimum absolute atomic E-state index is 0.640. The molecule has 0 amide bonds. The highest BCUT2D eigenvalue weighted by Gasteiger charge is 1.98. The van der Waals surface area contributed by atoms with Crippen molar-refractivity contribution in [3.63, 3.8) is 0 Å².